The summed E-state index contributed by atoms with van der Waals surface area (Å²) in [4.78, 5) is 11.8. The van der Waals surface area contributed by atoms with Crippen LogP contribution in [0.4, 0.5) is 0 Å². The van der Waals surface area contributed by atoms with Gasteiger partial charge in [-0.1, -0.05) is 61.2 Å². The summed E-state index contributed by atoms with van der Waals surface area (Å²) in [5.41, 5.74) is 1.43. The third-order valence-corrected chi connectivity index (χ3v) is 3.89. The summed E-state index contributed by atoms with van der Waals surface area (Å²) in [5, 5.41) is 4.70. The second kappa shape index (κ2) is 5.64. The lowest BCUT2D eigenvalue weighted by Gasteiger charge is -2.16. The van der Waals surface area contributed by atoms with E-state index in [0.29, 0.717) is 5.57 Å². The predicted octanol–water partition coefficient (Wildman–Crippen LogP) is 5.17. The molecule has 0 fully saturated rings. The highest BCUT2D eigenvalue weighted by molar-refractivity contribution is 6.08. The highest BCUT2D eigenvalue weighted by atomic mass is 16.5. The fourth-order valence-electron chi connectivity index (χ4n) is 2.74. The van der Waals surface area contributed by atoms with E-state index in [1.807, 2.05) is 31.2 Å². The third-order valence-electron chi connectivity index (χ3n) is 3.89. The summed E-state index contributed by atoms with van der Waals surface area (Å²) < 4.78 is 5.48. The number of benzene rings is 3. The van der Waals surface area contributed by atoms with Crippen LogP contribution in [-0.4, -0.2) is 5.97 Å². The maximum Gasteiger partial charge on any atom is 0.333 e. The van der Waals surface area contributed by atoms with Crippen LogP contribution in [0.2, 0.25) is 0 Å². The molecule has 2 nitrogen and oxygen atoms in total. The van der Waals surface area contributed by atoms with Gasteiger partial charge in [0.1, 0.15) is 6.10 Å². The molecule has 0 heterocycles. The molecule has 0 amide bonds. The Balaban J connectivity index is 2.13. The monoisotopic (exact) mass is 290 g/mol. The Hall–Kier alpha value is -2.61. The first-order chi connectivity index (χ1) is 10.6. The number of carbonyl (C=O) groups is 1. The molecule has 0 spiro atoms. The molecule has 3 aromatic carbocycles. The summed E-state index contributed by atoms with van der Waals surface area (Å²) in [6, 6.07) is 18.6. The molecule has 3 aromatic rings. The Morgan fingerprint density at radius 3 is 2.45 bits per heavy atom. The lowest BCUT2D eigenvalue weighted by molar-refractivity contribution is -0.143. The zero-order valence-corrected chi connectivity index (χ0v) is 12.8. The van der Waals surface area contributed by atoms with E-state index in [1.54, 1.807) is 6.92 Å². The fourth-order valence-corrected chi connectivity index (χ4v) is 2.74. The normalized spacial score (nSPS) is 12.3. The van der Waals surface area contributed by atoms with Gasteiger partial charge >= 0.3 is 5.97 Å². The summed E-state index contributed by atoms with van der Waals surface area (Å²) in [5.74, 6) is -0.356. The topological polar surface area (TPSA) is 26.3 Å². The minimum absolute atomic E-state index is 0.311. The highest BCUT2D eigenvalue weighted by Crippen LogP contribution is 2.31. The third kappa shape index (κ3) is 2.48. The van der Waals surface area contributed by atoms with Gasteiger partial charge in [0.15, 0.2) is 0 Å². The second-order valence-corrected chi connectivity index (χ2v) is 5.56. The van der Waals surface area contributed by atoms with Gasteiger partial charge in [0.2, 0.25) is 0 Å². The number of hydrogen-bond donors (Lipinski definition) is 0. The Morgan fingerprint density at radius 2 is 1.68 bits per heavy atom. The molecule has 2 heteroatoms. The summed E-state index contributed by atoms with van der Waals surface area (Å²) in [7, 11) is 0. The van der Waals surface area contributed by atoms with Crippen LogP contribution in [0.15, 0.2) is 66.7 Å². The van der Waals surface area contributed by atoms with Gasteiger partial charge in [0.05, 0.1) is 0 Å². The van der Waals surface area contributed by atoms with Crippen molar-refractivity contribution in [1.82, 2.24) is 0 Å². The summed E-state index contributed by atoms with van der Waals surface area (Å²) >= 11 is 0. The lowest BCUT2D eigenvalue weighted by atomic mass is 9.96. The van der Waals surface area contributed by atoms with Crippen molar-refractivity contribution in [2.75, 3.05) is 0 Å². The van der Waals surface area contributed by atoms with Crippen molar-refractivity contribution >= 4 is 27.5 Å². The van der Waals surface area contributed by atoms with Crippen LogP contribution in [0.1, 0.15) is 25.5 Å². The van der Waals surface area contributed by atoms with Crippen molar-refractivity contribution in [3.8, 4) is 0 Å². The maximum absolute atomic E-state index is 11.8. The van der Waals surface area contributed by atoms with Gasteiger partial charge < -0.3 is 4.74 Å². The molecule has 0 saturated heterocycles. The second-order valence-electron chi connectivity index (χ2n) is 5.56. The van der Waals surface area contributed by atoms with Crippen molar-refractivity contribution in [2.45, 2.75) is 20.0 Å². The molecular weight excluding hydrogens is 272 g/mol. The maximum atomic E-state index is 11.8. The molecule has 0 aliphatic carbocycles. The van der Waals surface area contributed by atoms with Crippen LogP contribution in [0, 0.1) is 0 Å². The van der Waals surface area contributed by atoms with Gasteiger partial charge in [-0.3, -0.25) is 0 Å². The standard InChI is InChI=1S/C20H18O2/c1-13(2)20(21)22-14(3)16-9-6-10-18-17-8-5-4-7-15(17)11-12-19(16)18/h4-12,14H,1H2,2-3H3. The van der Waals surface area contributed by atoms with Gasteiger partial charge in [-0.05, 0) is 35.4 Å². The molecule has 0 bridgehead atoms. The van der Waals surface area contributed by atoms with Crippen molar-refractivity contribution in [1.29, 1.82) is 0 Å². The lowest BCUT2D eigenvalue weighted by Crippen LogP contribution is -2.09. The van der Waals surface area contributed by atoms with Crippen LogP contribution >= 0.6 is 0 Å². The van der Waals surface area contributed by atoms with E-state index in [2.05, 4.69) is 36.9 Å². The molecule has 1 atom stereocenters. The van der Waals surface area contributed by atoms with E-state index in [1.165, 1.54) is 16.2 Å². The first kappa shape index (κ1) is 14.3. The van der Waals surface area contributed by atoms with Gasteiger partial charge in [0, 0.05) is 11.1 Å². The van der Waals surface area contributed by atoms with Crippen LogP contribution in [-0.2, 0) is 9.53 Å². The molecule has 110 valence electrons. The molecule has 0 aromatic heterocycles. The predicted molar refractivity (Wildman–Crippen MR) is 90.8 cm³/mol. The van der Waals surface area contributed by atoms with Gasteiger partial charge in [-0.2, -0.15) is 0 Å². The summed E-state index contributed by atoms with van der Waals surface area (Å²) in [6.07, 6.45) is -0.311. The van der Waals surface area contributed by atoms with E-state index in [4.69, 9.17) is 4.74 Å². The largest absolute Gasteiger partial charge is 0.454 e. The zero-order chi connectivity index (χ0) is 15.7. The number of carbonyl (C=O) groups excluding carboxylic acids is 1. The van der Waals surface area contributed by atoms with Crippen LogP contribution < -0.4 is 0 Å². The average molecular weight is 290 g/mol. The molecule has 0 aliphatic rings. The van der Waals surface area contributed by atoms with E-state index in [-0.39, 0.29) is 12.1 Å². The van der Waals surface area contributed by atoms with Crippen molar-refractivity contribution in [2.24, 2.45) is 0 Å². The SMILES string of the molecule is C=C(C)C(=O)OC(C)c1cccc2c1ccc1ccccc12. The van der Waals surface area contributed by atoms with E-state index in [9.17, 15) is 4.79 Å². The van der Waals surface area contributed by atoms with Crippen LogP contribution in [0.3, 0.4) is 0 Å². The number of esters is 1. The van der Waals surface area contributed by atoms with E-state index >= 15 is 0 Å². The first-order valence-corrected chi connectivity index (χ1v) is 7.35. The number of rotatable bonds is 3. The smallest absolute Gasteiger partial charge is 0.333 e. The van der Waals surface area contributed by atoms with Crippen molar-refractivity contribution < 1.29 is 9.53 Å². The van der Waals surface area contributed by atoms with Crippen molar-refractivity contribution in [3.63, 3.8) is 0 Å². The van der Waals surface area contributed by atoms with Gasteiger partial charge in [0.25, 0.3) is 0 Å². The molecule has 1 unspecified atom stereocenters. The fraction of sp³-hybridized carbons (Fsp3) is 0.150. The Kier molecular flexibility index (Phi) is 3.68. The van der Waals surface area contributed by atoms with Gasteiger partial charge in [-0.15, -0.1) is 0 Å². The molecule has 0 N–H and O–H groups in total. The van der Waals surface area contributed by atoms with E-state index < -0.39 is 0 Å². The quantitative estimate of drug-likeness (QED) is 0.378. The molecule has 3 rings (SSSR count). The number of hydrogen-bond acceptors (Lipinski definition) is 2. The number of fused-ring (bicyclic) bond motifs is 3. The minimum Gasteiger partial charge on any atom is -0.454 e. The molecular formula is C20H18O2. The van der Waals surface area contributed by atoms with Crippen LogP contribution in [0.5, 0.6) is 0 Å². The Labute approximate surface area is 130 Å². The van der Waals surface area contributed by atoms with Crippen LogP contribution in [0.25, 0.3) is 21.5 Å². The van der Waals surface area contributed by atoms with Gasteiger partial charge in [-0.25, -0.2) is 4.79 Å². The Morgan fingerprint density at radius 1 is 0.955 bits per heavy atom. The summed E-state index contributed by atoms with van der Waals surface area (Å²) in [6.45, 7) is 7.18. The Bertz CT molecular complexity index is 877. The number of ether oxygens (including phenoxy) is 1. The first-order valence-electron chi connectivity index (χ1n) is 7.35. The zero-order valence-electron chi connectivity index (χ0n) is 12.8. The molecule has 22 heavy (non-hydrogen) atoms. The molecule has 0 aliphatic heterocycles. The van der Waals surface area contributed by atoms with E-state index in [0.717, 1.165) is 10.9 Å². The average Bonchev–Trinajstić information content (AvgIpc) is 2.53. The highest BCUT2D eigenvalue weighted by Gasteiger charge is 2.15. The molecule has 0 saturated carbocycles. The molecule has 0 radical (unpaired) electrons. The van der Waals surface area contributed by atoms with Crippen molar-refractivity contribution in [3.05, 3.63) is 72.3 Å². The minimum atomic E-state index is -0.356.